The number of rotatable bonds is 6. The van der Waals surface area contributed by atoms with Crippen molar-refractivity contribution < 1.29 is 14.7 Å². The summed E-state index contributed by atoms with van der Waals surface area (Å²) in [6.45, 7) is 7.08. The molecule has 0 spiro atoms. The van der Waals surface area contributed by atoms with Gasteiger partial charge in [-0.2, -0.15) is 0 Å². The van der Waals surface area contributed by atoms with Gasteiger partial charge in [0.1, 0.15) is 0 Å². The van der Waals surface area contributed by atoms with Crippen LogP contribution in [0.5, 0.6) is 0 Å². The van der Waals surface area contributed by atoms with Crippen molar-refractivity contribution >= 4 is 11.9 Å². The molecule has 0 aromatic rings. The molecule has 0 radical (unpaired) electrons. The Morgan fingerprint density at radius 3 is 2.39 bits per heavy atom. The van der Waals surface area contributed by atoms with Gasteiger partial charge in [0.25, 0.3) is 0 Å². The second-order valence-electron chi connectivity index (χ2n) is 4.74. The van der Waals surface area contributed by atoms with Crippen molar-refractivity contribution in [3.8, 4) is 0 Å². The van der Waals surface area contributed by atoms with Crippen LogP contribution in [-0.2, 0) is 9.59 Å². The van der Waals surface area contributed by atoms with E-state index in [1.165, 1.54) is 0 Å². The van der Waals surface area contributed by atoms with Crippen molar-refractivity contribution in [3.63, 3.8) is 0 Å². The van der Waals surface area contributed by atoms with Gasteiger partial charge in [-0.15, -0.1) is 0 Å². The van der Waals surface area contributed by atoms with E-state index in [1.807, 2.05) is 4.90 Å². The first-order valence-corrected chi connectivity index (χ1v) is 6.48. The molecule has 1 fully saturated rings. The minimum absolute atomic E-state index is 0.0626. The maximum absolute atomic E-state index is 11.9. The van der Waals surface area contributed by atoms with Gasteiger partial charge in [0.05, 0.1) is 13.1 Å². The predicted molar refractivity (Wildman–Crippen MR) is 68.4 cm³/mol. The average Bonchev–Trinajstić information content (AvgIpc) is 2.35. The molecule has 0 aromatic carbocycles. The van der Waals surface area contributed by atoms with Crippen molar-refractivity contribution in [2.75, 3.05) is 39.3 Å². The lowest BCUT2D eigenvalue weighted by molar-refractivity contribution is -0.139. The lowest BCUT2D eigenvalue weighted by atomic mass is 10.2. The number of nitrogens with one attached hydrogen (secondary N) is 1. The summed E-state index contributed by atoms with van der Waals surface area (Å²) in [7, 11) is 0. The molecule has 1 heterocycles. The zero-order valence-corrected chi connectivity index (χ0v) is 11.2. The topological polar surface area (TPSA) is 72.9 Å². The zero-order chi connectivity index (χ0) is 13.5. The minimum atomic E-state index is -0.812. The Bertz CT molecular complexity index is 288. The van der Waals surface area contributed by atoms with E-state index in [2.05, 4.69) is 19.2 Å². The number of carboxylic acids is 1. The maximum atomic E-state index is 11.9. The second-order valence-corrected chi connectivity index (χ2v) is 4.74. The van der Waals surface area contributed by atoms with Crippen LogP contribution in [0.2, 0.25) is 0 Å². The maximum Gasteiger partial charge on any atom is 0.317 e. The van der Waals surface area contributed by atoms with E-state index in [-0.39, 0.29) is 12.5 Å². The standard InChI is InChI=1S/C12H23N3O3/c1-3-10(2)13-8-11(16)15-6-4-14(5-7-15)9-12(17)18/h10,13H,3-9H2,1-2H3,(H,17,18). The van der Waals surface area contributed by atoms with Crippen molar-refractivity contribution in [2.24, 2.45) is 0 Å². The van der Waals surface area contributed by atoms with Crippen LogP contribution in [0, 0.1) is 0 Å². The third-order valence-corrected chi connectivity index (χ3v) is 3.30. The highest BCUT2D eigenvalue weighted by molar-refractivity contribution is 5.78. The van der Waals surface area contributed by atoms with E-state index in [0.29, 0.717) is 38.8 Å². The third kappa shape index (κ3) is 5.01. The molecule has 1 atom stereocenters. The van der Waals surface area contributed by atoms with E-state index in [4.69, 9.17) is 5.11 Å². The van der Waals surface area contributed by atoms with Gasteiger partial charge >= 0.3 is 5.97 Å². The number of piperazine rings is 1. The highest BCUT2D eigenvalue weighted by Crippen LogP contribution is 2.01. The van der Waals surface area contributed by atoms with E-state index in [9.17, 15) is 9.59 Å². The minimum Gasteiger partial charge on any atom is -0.480 e. The first-order chi connectivity index (χ1) is 8.52. The third-order valence-electron chi connectivity index (χ3n) is 3.30. The van der Waals surface area contributed by atoms with E-state index in [1.54, 1.807) is 4.90 Å². The van der Waals surface area contributed by atoms with Crippen LogP contribution in [-0.4, -0.2) is 72.1 Å². The monoisotopic (exact) mass is 257 g/mol. The van der Waals surface area contributed by atoms with Gasteiger partial charge in [-0.1, -0.05) is 6.92 Å². The normalized spacial score (nSPS) is 18.7. The summed E-state index contributed by atoms with van der Waals surface area (Å²) in [5.74, 6) is -0.710. The molecule has 18 heavy (non-hydrogen) atoms. The fraction of sp³-hybridized carbons (Fsp3) is 0.833. The van der Waals surface area contributed by atoms with Crippen LogP contribution in [0.1, 0.15) is 20.3 Å². The van der Waals surface area contributed by atoms with Crippen molar-refractivity contribution in [1.29, 1.82) is 0 Å². The Balaban J connectivity index is 2.25. The summed E-state index contributed by atoms with van der Waals surface area (Å²) < 4.78 is 0. The molecule has 6 heteroatoms. The van der Waals surface area contributed by atoms with Gasteiger partial charge in [-0.25, -0.2) is 0 Å². The molecule has 0 aromatic heterocycles. The highest BCUT2D eigenvalue weighted by Gasteiger charge is 2.21. The average molecular weight is 257 g/mol. The number of carbonyl (C=O) groups excluding carboxylic acids is 1. The largest absolute Gasteiger partial charge is 0.480 e. The molecule has 1 rings (SSSR count). The van der Waals surface area contributed by atoms with Crippen molar-refractivity contribution in [3.05, 3.63) is 0 Å². The highest BCUT2D eigenvalue weighted by atomic mass is 16.4. The zero-order valence-electron chi connectivity index (χ0n) is 11.2. The van der Waals surface area contributed by atoms with Gasteiger partial charge in [0.15, 0.2) is 0 Å². The molecular weight excluding hydrogens is 234 g/mol. The molecular formula is C12H23N3O3. The molecule has 0 aliphatic carbocycles. The Labute approximate surface area is 108 Å². The Hall–Kier alpha value is -1.14. The van der Waals surface area contributed by atoms with Crippen LogP contribution in [0.3, 0.4) is 0 Å². The first kappa shape index (κ1) is 14.9. The molecule has 1 saturated heterocycles. The molecule has 1 aliphatic heterocycles. The molecule has 0 bridgehead atoms. The Kier molecular flexibility index (Phi) is 6.07. The van der Waals surface area contributed by atoms with E-state index < -0.39 is 5.97 Å². The van der Waals surface area contributed by atoms with Crippen LogP contribution in [0.15, 0.2) is 0 Å². The number of carboxylic acid groups (broad SMARTS) is 1. The molecule has 2 N–H and O–H groups in total. The molecule has 1 unspecified atom stereocenters. The molecule has 0 saturated carbocycles. The predicted octanol–water partition coefficient (Wildman–Crippen LogP) is -0.397. The van der Waals surface area contributed by atoms with Gasteiger partial charge < -0.3 is 15.3 Å². The number of amides is 1. The SMILES string of the molecule is CCC(C)NCC(=O)N1CCN(CC(=O)O)CC1. The fourth-order valence-electron chi connectivity index (χ4n) is 1.86. The van der Waals surface area contributed by atoms with Crippen LogP contribution in [0.4, 0.5) is 0 Å². The summed E-state index contributed by atoms with van der Waals surface area (Å²) in [4.78, 5) is 26.1. The smallest absolute Gasteiger partial charge is 0.317 e. The van der Waals surface area contributed by atoms with Gasteiger partial charge in [0.2, 0.25) is 5.91 Å². The lowest BCUT2D eigenvalue weighted by Gasteiger charge is -2.34. The second kappa shape index (κ2) is 7.33. The molecule has 6 nitrogen and oxygen atoms in total. The number of nitrogens with zero attached hydrogens (tertiary/aromatic N) is 2. The Morgan fingerprint density at radius 1 is 1.28 bits per heavy atom. The summed E-state index contributed by atoms with van der Waals surface area (Å²) >= 11 is 0. The van der Waals surface area contributed by atoms with E-state index in [0.717, 1.165) is 6.42 Å². The van der Waals surface area contributed by atoms with E-state index >= 15 is 0 Å². The summed E-state index contributed by atoms with van der Waals surface area (Å²) in [6.07, 6.45) is 1.000. The quantitative estimate of drug-likeness (QED) is 0.677. The van der Waals surface area contributed by atoms with Gasteiger partial charge in [-0.05, 0) is 13.3 Å². The fourth-order valence-corrected chi connectivity index (χ4v) is 1.86. The van der Waals surface area contributed by atoms with Crippen LogP contribution < -0.4 is 5.32 Å². The van der Waals surface area contributed by atoms with Gasteiger partial charge in [0, 0.05) is 32.2 Å². The number of aliphatic carboxylic acids is 1. The van der Waals surface area contributed by atoms with Gasteiger partial charge in [-0.3, -0.25) is 14.5 Å². The first-order valence-electron chi connectivity index (χ1n) is 6.48. The summed E-state index contributed by atoms with van der Waals surface area (Å²) in [5, 5.41) is 11.9. The Morgan fingerprint density at radius 2 is 1.89 bits per heavy atom. The van der Waals surface area contributed by atoms with Crippen molar-refractivity contribution in [1.82, 2.24) is 15.1 Å². The van der Waals surface area contributed by atoms with Crippen LogP contribution >= 0.6 is 0 Å². The summed E-state index contributed by atoms with van der Waals surface area (Å²) in [5.41, 5.74) is 0. The van der Waals surface area contributed by atoms with Crippen LogP contribution in [0.25, 0.3) is 0 Å². The number of hydrogen-bond acceptors (Lipinski definition) is 4. The molecule has 104 valence electrons. The molecule has 1 aliphatic rings. The number of carbonyl (C=O) groups is 2. The number of hydrogen-bond donors (Lipinski definition) is 2. The lowest BCUT2D eigenvalue weighted by Crippen LogP contribution is -2.52. The summed E-state index contributed by atoms with van der Waals surface area (Å²) in [6, 6.07) is 0.349. The molecule has 1 amide bonds. The van der Waals surface area contributed by atoms with Crippen molar-refractivity contribution in [2.45, 2.75) is 26.3 Å².